The average Bonchev–Trinajstić information content (AvgIpc) is 3.34. The molecule has 10 heteroatoms. The summed E-state index contributed by atoms with van der Waals surface area (Å²) >= 11 is 0. The fraction of sp³-hybridized carbons (Fsp3) is 0.600. The first-order valence-corrected chi connectivity index (χ1v) is 10.6. The predicted molar refractivity (Wildman–Crippen MR) is 112 cm³/mol. The Kier molecular flexibility index (Phi) is 5.26. The first-order chi connectivity index (χ1) is 14.7. The molecule has 0 bridgehead atoms. The van der Waals surface area contributed by atoms with E-state index in [4.69, 9.17) is 9.47 Å². The van der Waals surface area contributed by atoms with Gasteiger partial charge in [0.25, 0.3) is 0 Å². The minimum atomic E-state index is 0.154. The number of aryl methyl sites for hydroxylation is 2. The highest BCUT2D eigenvalue weighted by Crippen LogP contribution is 2.30. The Bertz CT molecular complexity index is 1000. The molecule has 2 fully saturated rings. The van der Waals surface area contributed by atoms with E-state index in [1.807, 2.05) is 20.3 Å². The standard InChI is InChI=1S/C20H28N8O2/c1-26-13-14(11-21-26)23-20-24-17-12-22-27(2)18(17)19(25-20)30-16-5-3-15(4-6-16)28-7-9-29-10-8-28/h11-13,15-16H,3-10H2,1-2H3,(H,23,24,25). The average molecular weight is 412 g/mol. The van der Waals surface area contributed by atoms with Gasteiger partial charge in [-0.1, -0.05) is 0 Å². The van der Waals surface area contributed by atoms with Crippen molar-refractivity contribution >= 4 is 22.7 Å². The molecule has 0 atom stereocenters. The van der Waals surface area contributed by atoms with Crippen molar-refractivity contribution in [1.82, 2.24) is 34.4 Å². The zero-order valence-corrected chi connectivity index (χ0v) is 17.5. The van der Waals surface area contributed by atoms with Crippen LogP contribution in [-0.2, 0) is 18.8 Å². The molecule has 160 valence electrons. The summed E-state index contributed by atoms with van der Waals surface area (Å²) in [5.41, 5.74) is 2.41. The Morgan fingerprint density at radius 2 is 1.83 bits per heavy atom. The first kappa shape index (κ1) is 19.3. The Labute approximate surface area is 175 Å². The molecular formula is C20H28N8O2. The second kappa shape index (κ2) is 8.19. The van der Waals surface area contributed by atoms with Gasteiger partial charge in [-0.15, -0.1) is 0 Å². The van der Waals surface area contributed by atoms with E-state index in [0.717, 1.165) is 68.7 Å². The van der Waals surface area contributed by atoms with Crippen LogP contribution in [0.25, 0.3) is 11.0 Å². The van der Waals surface area contributed by atoms with Crippen LogP contribution in [-0.4, -0.2) is 72.9 Å². The van der Waals surface area contributed by atoms with Crippen molar-refractivity contribution < 1.29 is 9.47 Å². The summed E-state index contributed by atoms with van der Waals surface area (Å²) in [5.74, 6) is 1.07. The third-order valence-corrected chi connectivity index (χ3v) is 6.00. The zero-order chi connectivity index (χ0) is 20.5. The summed E-state index contributed by atoms with van der Waals surface area (Å²) in [6, 6.07) is 0.638. The maximum atomic E-state index is 6.41. The Hall–Kier alpha value is -2.72. The molecule has 1 saturated carbocycles. The van der Waals surface area contributed by atoms with Crippen molar-refractivity contribution in [3.63, 3.8) is 0 Å². The third-order valence-electron chi connectivity index (χ3n) is 6.00. The second-order valence-corrected chi connectivity index (χ2v) is 8.08. The van der Waals surface area contributed by atoms with Crippen molar-refractivity contribution in [3.05, 3.63) is 18.6 Å². The largest absolute Gasteiger partial charge is 0.473 e. The number of morpholine rings is 1. The molecule has 4 heterocycles. The minimum Gasteiger partial charge on any atom is -0.473 e. The van der Waals surface area contributed by atoms with Gasteiger partial charge in [0.15, 0.2) is 0 Å². The van der Waals surface area contributed by atoms with Crippen molar-refractivity contribution in [2.45, 2.75) is 37.8 Å². The zero-order valence-electron chi connectivity index (χ0n) is 17.5. The van der Waals surface area contributed by atoms with Crippen LogP contribution >= 0.6 is 0 Å². The fourth-order valence-corrected chi connectivity index (χ4v) is 4.43. The SMILES string of the molecule is Cn1cc(Nc2nc(OC3CCC(N4CCOCC4)CC3)c3c(cnn3C)n2)cn1. The van der Waals surface area contributed by atoms with Gasteiger partial charge in [-0.3, -0.25) is 14.3 Å². The quantitative estimate of drug-likeness (QED) is 0.679. The van der Waals surface area contributed by atoms with E-state index in [-0.39, 0.29) is 6.10 Å². The van der Waals surface area contributed by atoms with Crippen LogP contribution in [0.15, 0.2) is 18.6 Å². The van der Waals surface area contributed by atoms with Gasteiger partial charge < -0.3 is 14.8 Å². The minimum absolute atomic E-state index is 0.154. The molecule has 2 aliphatic rings. The van der Waals surface area contributed by atoms with E-state index in [2.05, 4.69) is 30.4 Å². The number of ether oxygens (including phenoxy) is 2. The van der Waals surface area contributed by atoms with E-state index >= 15 is 0 Å². The van der Waals surface area contributed by atoms with Gasteiger partial charge >= 0.3 is 0 Å². The van der Waals surface area contributed by atoms with Gasteiger partial charge in [-0.05, 0) is 25.7 Å². The van der Waals surface area contributed by atoms with Crippen LogP contribution in [0.2, 0.25) is 0 Å². The van der Waals surface area contributed by atoms with Gasteiger partial charge in [0, 0.05) is 39.4 Å². The van der Waals surface area contributed by atoms with Crippen molar-refractivity contribution in [1.29, 1.82) is 0 Å². The molecule has 1 N–H and O–H groups in total. The number of nitrogens with one attached hydrogen (secondary N) is 1. The summed E-state index contributed by atoms with van der Waals surface area (Å²) in [6.07, 6.45) is 9.85. The number of aromatic nitrogens is 6. The molecule has 0 aromatic carbocycles. The first-order valence-electron chi connectivity index (χ1n) is 10.6. The highest BCUT2D eigenvalue weighted by atomic mass is 16.5. The number of hydrogen-bond donors (Lipinski definition) is 1. The number of anilines is 2. The normalized spacial score (nSPS) is 23.0. The molecule has 0 spiro atoms. The van der Waals surface area contributed by atoms with Gasteiger partial charge in [-0.25, -0.2) is 4.98 Å². The van der Waals surface area contributed by atoms with Gasteiger partial charge in [-0.2, -0.15) is 15.2 Å². The van der Waals surface area contributed by atoms with Crippen LogP contribution < -0.4 is 10.1 Å². The maximum absolute atomic E-state index is 6.41. The molecule has 3 aromatic heterocycles. The smallest absolute Gasteiger partial charge is 0.245 e. The molecule has 3 aromatic rings. The maximum Gasteiger partial charge on any atom is 0.245 e. The topological polar surface area (TPSA) is 95.2 Å². The Morgan fingerprint density at radius 1 is 1.03 bits per heavy atom. The van der Waals surface area contributed by atoms with E-state index < -0.39 is 0 Å². The van der Waals surface area contributed by atoms with E-state index in [1.165, 1.54) is 0 Å². The molecule has 1 aliphatic carbocycles. The number of nitrogens with zero attached hydrogens (tertiary/aromatic N) is 7. The van der Waals surface area contributed by atoms with Crippen LogP contribution in [0, 0.1) is 0 Å². The molecule has 10 nitrogen and oxygen atoms in total. The third kappa shape index (κ3) is 3.97. The van der Waals surface area contributed by atoms with Gasteiger partial charge in [0.1, 0.15) is 17.1 Å². The summed E-state index contributed by atoms with van der Waals surface area (Å²) in [7, 11) is 3.76. The lowest BCUT2D eigenvalue weighted by Gasteiger charge is -2.38. The molecular weight excluding hydrogens is 384 g/mol. The Balaban J connectivity index is 1.31. The summed E-state index contributed by atoms with van der Waals surface area (Å²) in [6.45, 7) is 3.79. The number of hydrogen-bond acceptors (Lipinski definition) is 8. The van der Waals surface area contributed by atoms with Crippen LogP contribution in [0.5, 0.6) is 5.88 Å². The Morgan fingerprint density at radius 3 is 2.57 bits per heavy atom. The van der Waals surface area contributed by atoms with E-state index in [0.29, 0.717) is 17.9 Å². The molecule has 0 radical (unpaired) electrons. The van der Waals surface area contributed by atoms with Gasteiger partial charge in [0.05, 0.1) is 31.3 Å². The molecule has 1 saturated heterocycles. The van der Waals surface area contributed by atoms with E-state index in [1.54, 1.807) is 21.8 Å². The lowest BCUT2D eigenvalue weighted by Crippen LogP contribution is -2.46. The molecule has 1 aliphatic heterocycles. The summed E-state index contributed by atoms with van der Waals surface area (Å²) < 4.78 is 15.4. The number of rotatable bonds is 5. The van der Waals surface area contributed by atoms with E-state index in [9.17, 15) is 0 Å². The van der Waals surface area contributed by atoms with Crippen molar-refractivity contribution in [2.24, 2.45) is 14.1 Å². The highest BCUT2D eigenvalue weighted by molar-refractivity contribution is 5.81. The molecule has 0 amide bonds. The molecule has 0 unspecified atom stereocenters. The second-order valence-electron chi connectivity index (χ2n) is 8.08. The molecule has 30 heavy (non-hydrogen) atoms. The van der Waals surface area contributed by atoms with Crippen molar-refractivity contribution in [3.8, 4) is 5.88 Å². The van der Waals surface area contributed by atoms with Crippen molar-refractivity contribution in [2.75, 3.05) is 31.6 Å². The van der Waals surface area contributed by atoms with Crippen LogP contribution in [0.3, 0.4) is 0 Å². The summed E-state index contributed by atoms with van der Waals surface area (Å²) in [4.78, 5) is 11.8. The highest BCUT2D eigenvalue weighted by Gasteiger charge is 2.29. The van der Waals surface area contributed by atoms with Crippen LogP contribution in [0.4, 0.5) is 11.6 Å². The lowest BCUT2D eigenvalue weighted by atomic mass is 9.91. The fourth-order valence-electron chi connectivity index (χ4n) is 4.43. The van der Waals surface area contributed by atoms with Gasteiger partial charge in [0.2, 0.25) is 11.8 Å². The summed E-state index contributed by atoms with van der Waals surface area (Å²) in [5, 5.41) is 11.7. The lowest BCUT2D eigenvalue weighted by molar-refractivity contribution is -0.00127. The number of fused-ring (bicyclic) bond motifs is 1. The van der Waals surface area contributed by atoms with Crippen LogP contribution in [0.1, 0.15) is 25.7 Å². The predicted octanol–water partition coefficient (Wildman–Crippen LogP) is 1.86. The monoisotopic (exact) mass is 412 g/mol. The molecule has 5 rings (SSSR count).